The third-order valence-electron chi connectivity index (χ3n) is 2.50. The summed E-state index contributed by atoms with van der Waals surface area (Å²) in [5.41, 5.74) is 1.07. The van der Waals surface area contributed by atoms with Gasteiger partial charge in [0.1, 0.15) is 11.6 Å². The smallest absolute Gasteiger partial charge is 0.262 e. The summed E-state index contributed by atoms with van der Waals surface area (Å²) in [7, 11) is 0. The highest BCUT2D eigenvalue weighted by Gasteiger charge is 2.05. The molecule has 0 unspecified atom stereocenters. The van der Waals surface area contributed by atoms with Crippen LogP contribution in [0.4, 0.5) is 10.1 Å². The lowest BCUT2D eigenvalue weighted by molar-refractivity contribution is -0.118. The Bertz CT molecular complexity index is 676. The molecule has 0 heterocycles. The van der Waals surface area contributed by atoms with Crippen molar-refractivity contribution >= 4 is 27.5 Å². The number of carbonyl (C=O) groups is 1. The molecule has 0 fully saturated rings. The van der Waals surface area contributed by atoms with Gasteiger partial charge in [0.2, 0.25) is 0 Å². The second kappa shape index (κ2) is 6.86. The van der Waals surface area contributed by atoms with Crippen LogP contribution in [0, 0.1) is 17.1 Å². The van der Waals surface area contributed by atoms with Gasteiger partial charge in [0.25, 0.3) is 5.91 Å². The van der Waals surface area contributed by atoms with Gasteiger partial charge in [-0.15, -0.1) is 0 Å². The van der Waals surface area contributed by atoms with Gasteiger partial charge >= 0.3 is 0 Å². The number of amides is 1. The minimum Gasteiger partial charge on any atom is -0.484 e. The van der Waals surface area contributed by atoms with Gasteiger partial charge in [0, 0.05) is 16.2 Å². The Hall–Kier alpha value is -2.39. The van der Waals surface area contributed by atoms with Gasteiger partial charge in [0.15, 0.2) is 6.61 Å². The van der Waals surface area contributed by atoms with Crippen LogP contribution < -0.4 is 10.1 Å². The Kier molecular flexibility index (Phi) is 4.90. The molecule has 0 aliphatic carbocycles. The molecule has 2 rings (SSSR count). The van der Waals surface area contributed by atoms with Crippen LogP contribution in [-0.2, 0) is 4.79 Å². The predicted octanol–water partition coefficient (Wildman–Crippen LogP) is 3.48. The largest absolute Gasteiger partial charge is 0.484 e. The predicted molar refractivity (Wildman–Crippen MR) is 79.4 cm³/mol. The standard InChI is InChI=1S/C15H10BrFN2O2/c16-11-5-12(17)7-14(6-11)21-9-15(20)19-13-3-1-10(8-18)2-4-13/h1-7H,9H2,(H,19,20). The molecule has 0 saturated carbocycles. The van der Waals surface area contributed by atoms with E-state index >= 15 is 0 Å². The summed E-state index contributed by atoms with van der Waals surface area (Å²) in [5.74, 6) is -0.566. The molecule has 0 atom stereocenters. The summed E-state index contributed by atoms with van der Waals surface area (Å²) >= 11 is 3.14. The van der Waals surface area contributed by atoms with Crippen LogP contribution in [0.2, 0.25) is 0 Å². The van der Waals surface area contributed by atoms with E-state index in [0.29, 0.717) is 15.7 Å². The van der Waals surface area contributed by atoms with E-state index in [9.17, 15) is 9.18 Å². The van der Waals surface area contributed by atoms with Crippen molar-refractivity contribution in [3.05, 3.63) is 58.3 Å². The van der Waals surface area contributed by atoms with Crippen LogP contribution in [0.25, 0.3) is 0 Å². The first kappa shape index (κ1) is 15.0. The third-order valence-corrected chi connectivity index (χ3v) is 2.96. The van der Waals surface area contributed by atoms with Gasteiger partial charge in [-0.05, 0) is 36.4 Å². The monoisotopic (exact) mass is 348 g/mol. The molecular formula is C15H10BrFN2O2. The molecule has 0 bridgehead atoms. The molecule has 0 spiro atoms. The molecule has 0 aliphatic rings. The molecule has 1 amide bonds. The Labute approximate surface area is 129 Å². The van der Waals surface area contributed by atoms with Crippen molar-refractivity contribution in [3.8, 4) is 11.8 Å². The molecule has 0 radical (unpaired) electrons. The highest BCUT2D eigenvalue weighted by molar-refractivity contribution is 9.10. The Morgan fingerprint density at radius 3 is 2.62 bits per heavy atom. The van der Waals surface area contributed by atoms with E-state index in [2.05, 4.69) is 21.2 Å². The molecule has 4 nitrogen and oxygen atoms in total. The maximum absolute atomic E-state index is 13.1. The highest BCUT2D eigenvalue weighted by Crippen LogP contribution is 2.20. The van der Waals surface area contributed by atoms with Crippen LogP contribution in [0.3, 0.4) is 0 Å². The normalized spacial score (nSPS) is 9.76. The molecule has 2 aromatic rings. The van der Waals surface area contributed by atoms with Gasteiger partial charge < -0.3 is 10.1 Å². The Morgan fingerprint density at radius 2 is 2.00 bits per heavy atom. The van der Waals surface area contributed by atoms with Crippen molar-refractivity contribution in [2.24, 2.45) is 0 Å². The van der Waals surface area contributed by atoms with E-state index < -0.39 is 5.82 Å². The quantitative estimate of drug-likeness (QED) is 0.919. The summed E-state index contributed by atoms with van der Waals surface area (Å²) in [6.07, 6.45) is 0. The number of carbonyl (C=O) groups excluding carboxylic acids is 1. The number of hydrogen-bond donors (Lipinski definition) is 1. The Morgan fingerprint density at radius 1 is 1.29 bits per heavy atom. The molecule has 0 aliphatic heterocycles. The van der Waals surface area contributed by atoms with Crippen LogP contribution in [0.1, 0.15) is 5.56 Å². The minimum absolute atomic E-state index is 0.240. The number of ether oxygens (including phenoxy) is 1. The summed E-state index contributed by atoms with van der Waals surface area (Å²) in [5, 5.41) is 11.3. The number of benzene rings is 2. The highest BCUT2D eigenvalue weighted by atomic mass is 79.9. The molecule has 21 heavy (non-hydrogen) atoms. The average Bonchev–Trinajstić information content (AvgIpc) is 2.45. The van der Waals surface area contributed by atoms with Crippen LogP contribution >= 0.6 is 15.9 Å². The second-order valence-electron chi connectivity index (χ2n) is 4.13. The van der Waals surface area contributed by atoms with Crippen molar-refractivity contribution in [1.29, 1.82) is 5.26 Å². The van der Waals surface area contributed by atoms with Crippen molar-refractivity contribution < 1.29 is 13.9 Å². The second-order valence-corrected chi connectivity index (χ2v) is 5.05. The van der Waals surface area contributed by atoms with Gasteiger partial charge in [0.05, 0.1) is 11.6 Å². The number of hydrogen-bond acceptors (Lipinski definition) is 3. The van der Waals surface area contributed by atoms with Crippen LogP contribution in [0.5, 0.6) is 5.75 Å². The lowest BCUT2D eigenvalue weighted by atomic mass is 10.2. The minimum atomic E-state index is -0.452. The van der Waals surface area contributed by atoms with Gasteiger partial charge in [-0.1, -0.05) is 15.9 Å². The number of rotatable bonds is 4. The fourth-order valence-electron chi connectivity index (χ4n) is 1.59. The molecular weight excluding hydrogens is 339 g/mol. The molecule has 6 heteroatoms. The molecule has 0 saturated heterocycles. The third kappa shape index (κ3) is 4.58. The number of nitrogens with zero attached hydrogens (tertiary/aromatic N) is 1. The first-order chi connectivity index (χ1) is 10.1. The first-order valence-corrected chi connectivity index (χ1v) is 6.75. The SMILES string of the molecule is N#Cc1ccc(NC(=O)COc2cc(F)cc(Br)c2)cc1. The van der Waals surface area contributed by atoms with Crippen molar-refractivity contribution in [2.45, 2.75) is 0 Å². The number of halogens is 2. The van der Waals surface area contributed by atoms with Gasteiger partial charge in [-0.3, -0.25) is 4.79 Å². The van der Waals surface area contributed by atoms with E-state index in [0.717, 1.165) is 0 Å². The number of nitriles is 1. The summed E-state index contributed by atoms with van der Waals surface area (Å²) in [4.78, 5) is 11.7. The van der Waals surface area contributed by atoms with Crippen LogP contribution in [-0.4, -0.2) is 12.5 Å². The fourth-order valence-corrected chi connectivity index (χ4v) is 2.03. The maximum atomic E-state index is 13.1. The lowest BCUT2D eigenvalue weighted by Crippen LogP contribution is -2.20. The van der Waals surface area contributed by atoms with Crippen LogP contribution in [0.15, 0.2) is 46.9 Å². The van der Waals surface area contributed by atoms with Crippen molar-refractivity contribution in [2.75, 3.05) is 11.9 Å². The number of anilines is 1. The van der Waals surface area contributed by atoms with E-state index in [4.69, 9.17) is 10.00 Å². The van der Waals surface area contributed by atoms with Crippen molar-refractivity contribution in [1.82, 2.24) is 0 Å². The summed E-state index contributed by atoms with van der Waals surface area (Å²) in [6, 6.07) is 12.5. The first-order valence-electron chi connectivity index (χ1n) is 5.96. The molecule has 1 N–H and O–H groups in total. The zero-order valence-electron chi connectivity index (χ0n) is 10.8. The molecule has 0 aromatic heterocycles. The van der Waals surface area contributed by atoms with Gasteiger partial charge in [-0.2, -0.15) is 5.26 Å². The van der Waals surface area contributed by atoms with E-state index in [1.807, 2.05) is 6.07 Å². The zero-order chi connectivity index (χ0) is 15.2. The zero-order valence-corrected chi connectivity index (χ0v) is 12.4. The average molecular weight is 349 g/mol. The summed E-state index contributed by atoms with van der Waals surface area (Å²) in [6.45, 7) is -0.240. The van der Waals surface area contributed by atoms with E-state index in [1.54, 1.807) is 30.3 Å². The molecule has 2 aromatic carbocycles. The Balaban J connectivity index is 1.91. The lowest BCUT2D eigenvalue weighted by Gasteiger charge is -2.08. The van der Waals surface area contributed by atoms with E-state index in [1.165, 1.54) is 12.1 Å². The summed E-state index contributed by atoms with van der Waals surface area (Å²) < 4.78 is 18.9. The maximum Gasteiger partial charge on any atom is 0.262 e. The number of nitrogens with one attached hydrogen (secondary N) is 1. The fraction of sp³-hybridized carbons (Fsp3) is 0.0667. The topological polar surface area (TPSA) is 62.1 Å². The van der Waals surface area contributed by atoms with Gasteiger partial charge in [-0.25, -0.2) is 4.39 Å². The van der Waals surface area contributed by atoms with Crippen molar-refractivity contribution in [3.63, 3.8) is 0 Å². The van der Waals surface area contributed by atoms with E-state index in [-0.39, 0.29) is 18.3 Å². The molecule has 106 valence electrons.